The molecule has 2 N–H and O–H groups in total. The fraction of sp³-hybridized carbons (Fsp3) is 0.562. The van der Waals surface area contributed by atoms with Gasteiger partial charge in [0.25, 0.3) is 0 Å². The molecule has 0 bridgehead atoms. The van der Waals surface area contributed by atoms with Gasteiger partial charge in [0.15, 0.2) is 11.5 Å². The second-order valence-electron chi connectivity index (χ2n) is 5.45. The van der Waals surface area contributed by atoms with Gasteiger partial charge in [0.1, 0.15) is 0 Å². The van der Waals surface area contributed by atoms with E-state index in [1.165, 1.54) is 0 Å². The van der Waals surface area contributed by atoms with E-state index in [1.807, 2.05) is 18.2 Å². The first-order valence-corrected chi connectivity index (χ1v) is 7.36. The summed E-state index contributed by atoms with van der Waals surface area (Å²) in [4.78, 5) is 12.3. The van der Waals surface area contributed by atoms with Gasteiger partial charge in [-0.3, -0.25) is 4.79 Å². The van der Waals surface area contributed by atoms with Crippen molar-refractivity contribution in [3.8, 4) is 11.5 Å². The molecule has 1 aromatic carbocycles. The van der Waals surface area contributed by atoms with Crippen LogP contribution >= 0.6 is 0 Å². The van der Waals surface area contributed by atoms with Gasteiger partial charge in [-0.2, -0.15) is 0 Å². The quantitative estimate of drug-likeness (QED) is 0.867. The average Bonchev–Trinajstić information content (AvgIpc) is 2.51. The first-order chi connectivity index (χ1) is 10.2. The van der Waals surface area contributed by atoms with Crippen molar-refractivity contribution in [3.63, 3.8) is 0 Å². The number of carbonyl (C=O) groups is 1. The number of rotatable bonds is 5. The minimum absolute atomic E-state index is 0.0952. The lowest BCUT2D eigenvalue weighted by atomic mass is 9.92. The minimum Gasteiger partial charge on any atom is -0.493 e. The molecule has 0 spiro atoms. The number of para-hydroxylation sites is 1. The highest BCUT2D eigenvalue weighted by Crippen LogP contribution is 2.30. The van der Waals surface area contributed by atoms with E-state index < -0.39 is 0 Å². The molecule has 1 fully saturated rings. The van der Waals surface area contributed by atoms with Gasteiger partial charge < -0.3 is 20.1 Å². The third-order valence-corrected chi connectivity index (χ3v) is 3.93. The van der Waals surface area contributed by atoms with Crippen LogP contribution in [-0.4, -0.2) is 32.7 Å². The Morgan fingerprint density at radius 3 is 2.86 bits per heavy atom. The Balaban J connectivity index is 1.98. The van der Waals surface area contributed by atoms with Crippen LogP contribution in [0.1, 0.15) is 25.3 Å². The van der Waals surface area contributed by atoms with E-state index in [1.54, 1.807) is 14.2 Å². The molecule has 21 heavy (non-hydrogen) atoms. The molecule has 1 amide bonds. The van der Waals surface area contributed by atoms with Crippen LogP contribution in [0.25, 0.3) is 0 Å². The van der Waals surface area contributed by atoms with Crippen LogP contribution in [-0.2, 0) is 11.3 Å². The fourth-order valence-electron chi connectivity index (χ4n) is 2.79. The average molecular weight is 292 g/mol. The smallest absolute Gasteiger partial charge is 0.223 e. The van der Waals surface area contributed by atoms with Gasteiger partial charge in [-0.25, -0.2) is 0 Å². The van der Waals surface area contributed by atoms with Gasteiger partial charge in [-0.1, -0.05) is 12.1 Å². The summed E-state index contributed by atoms with van der Waals surface area (Å²) in [5.74, 6) is 1.57. The summed E-state index contributed by atoms with van der Waals surface area (Å²) < 4.78 is 10.6. The van der Waals surface area contributed by atoms with Crippen LogP contribution in [0, 0.1) is 5.92 Å². The Hall–Kier alpha value is -1.75. The zero-order valence-corrected chi connectivity index (χ0v) is 12.9. The van der Waals surface area contributed by atoms with Gasteiger partial charge in [0, 0.05) is 24.1 Å². The molecule has 0 unspecified atom stereocenters. The van der Waals surface area contributed by atoms with Gasteiger partial charge >= 0.3 is 0 Å². The van der Waals surface area contributed by atoms with E-state index in [2.05, 4.69) is 17.6 Å². The number of amides is 1. The monoisotopic (exact) mass is 292 g/mol. The molecule has 1 heterocycles. The SMILES string of the molecule is COc1cccc(CNC(=O)[C@H]2CCN[C@@H](C)C2)c1OC. The van der Waals surface area contributed by atoms with Crippen molar-refractivity contribution in [1.29, 1.82) is 0 Å². The van der Waals surface area contributed by atoms with Crippen LogP contribution in [0.2, 0.25) is 0 Å². The molecule has 116 valence electrons. The van der Waals surface area contributed by atoms with E-state index >= 15 is 0 Å². The number of carbonyl (C=O) groups excluding carboxylic acids is 1. The Kier molecular flexibility index (Phi) is 5.44. The summed E-state index contributed by atoms with van der Waals surface area (Å²) in [5.41, 5.74) is 0.923. The van der Waals surface area contributed by atoms with Crippen molar-refractivity contribution in [1.82, 2.24) is 10.6 Å². The van der Waals surface area contributed by atoms with Crippen molar-refractivity contribution in [2.45, 2.75) is 32.4 Å². The zero-order valence-electron chi connectivity index (χ0n) is 12.9. The second kappa shape index (κ2) is 7.31. The van der Waals surface area contributed by atoms with Crippen LogP contribution in [0.3, 0.4) is 0 Å². The highest BCUT2D eigenvalue weighted by atomic mass is 16.5. The predicted molar refractivity (Wildman–Crippen MR) is 81.6 cm³/mol. The van der Waals surface area contributed by atoms with E-state index in [0.29, 0.717) is 24.1 Å². The van der Waals surface area contributed by atoms with Crippen LogP contribution < -0.4 is 20.1 Å². The van der Waals surface area contributed by atoms with Gasteiger partial charge in [0.05, 0.1) is 14.2 Å². The molecule has 0 saturated carbocycles. The number of hydrogen-bond donors (Lipinski definition) is 2. The first kappa shape index (κ1) is 15.6. The van der Waals surface area contributed by atoms with Gasteiger partial charge in [-0.05, 0) is 32.4 Å². The predicted octanol–water partition coefficient (Wildman–Crippen LogP) is 1.71. The number of benzene rings is 1. The van der Waals surface area contributed by atoms with E-state index in [0.717, 1.165) is 24.9 Å². The number of nitrogens with one attached hydrogen (secondary N) is 2. The van der Waals surface area contributed by atoms with E-state index in [4.69, 9.17) is 9.47 Å². The van der Waals surface area contributed by atoms with Gasteiger partial charge in [-0.15, -0.1) is 0 Å². The molecule has 1 aromatic rings. The summed E-state index contributed by atoms with van der Waals surface area (Å²) in [6, 6.07) is 6.08. The molecule has 1 saturated heterocycles. The molecule has 1 aliphatic heterocycles. The lowest BCUT2D eigenvalue weighted by Gasteiger charge is -2.27. The molecule has 2 rings (SSSR count). The van der Waals surface area contributed by atoms with Crippen molar-refractivity contribution in [2.24, 2.45) is 5.92 Å². The van der Waals surface area contributed by atoms with E-state index in [9.17, 15) is 4.79 Å². The summed E-state index contributed by atoms with van der Waals surface area (Å²) >= 11 is 0. The molecular weight excluding hydrogens is 268 g/mol. The van der Waals surface area contributed by atoms with Crippen molar-refractivity contribution in [3.05, 3.63) is 23.8 Å². The topological polar surface area (TPSA) is 59.6 Å². The van der Waals surface area contributed by atoms with Crippen molar-refractivity contribution < 1.29 is 14.3 Å². The molecule has 2 atom stereocenters. The lowest BCUT2D eigenvalue weighted by molar-refractivity contribution is -0.126. The summed E-state index contributed by atoms with van der Waals surface area (Å²) in [6.07, 6.45) is 1.78. The summed E-state index contributed by atoms with van der Waals surface area (Å²) in [7, 11) is 3.22. The third-order valence-electron chi connectivity index (χ3n) is 3.93. The van der Waals surface area contributed by atoms with Crippen molar-refractivity contribution >= 4 is 5.91 Å². The highest BCUT2D eigenvalue weighted by Gasteiger charge is 2.24. The maximum Gasteiger partial charge on any atom is 0.223 e. The molecule has 5 heteroatoms. The molecule has 1 aliphatic rings. The van der Waals surface area contributed by atoms with Crippen LogP contribution in [0.15, 0.2) is 18.2 Å². The lowest BCUT2D eigenvalue weighted by Crippen LogP contribution is -2.42. The molecule has 0 aliphatic carbocycles. The minimum atomic E-state index is 0.0952. The number of methoxy groups -OCH3 is 2. The molecular formula is C16H24N2O3. The van der Waals surface area contributed by atoms with Crippen molar-refractivity contribution in [2.75, 3.05) is 20.8 Å². The Bertz CT molecular complexity index is 490. The third kappa shape index (κ3) is 3.88. The van der Waals surface area contributed by atoms with E-state index in [-0.39, 0.29) is 11.8 Å². The molecule has 0 radical (unpaired) electrons. The summed E-state index contributed by atoms with van der Waals surface area (Å²) in [6.45, 7) is 3.48. The second-order valence-corrected chi connectivity index (χ2v) is 5.45. The number of piperidine rings is 1. The largest absolute Gasteiger partial charge is 0.493 e. The Morgan fingerprint density at radius 2 is 2.19 bits per heavy atom. The highest BCUT2D eigenvalue weighted by molar-refractivity contribution is 5.78. The first-order valence-electron chi connectivity index (χ1n) is 7.36. The number of ether oxygens (including phenoxy) is 2. The summed E-state index contributed by atoms with van der Waals surface area (Å²) in [5, 5.41) is 6.37. The van der Waals surface area contributed by atoms with Crippen LogP contribution in [0.4, 0.5) is 0 Å². The Labute approximate surface area is 126 Å². The zero-order chi connectivity index (χ0) is 15.2. The standard InChI is InChI=1S/C16H24N2O3/c1-11-9-12(7-8-17-11)16(19)18-10-13-5-4-6-14(20-2)15(13)21-3/h4-6,11-12,17H,7-10H2,1-3H3,(H,18,19)/t11-,12-/m0/s1. The normalized spacial score (nSPS) is 21.7. The van der Waals surface area contributed by atoms with Crippen LogP contribution in [0.5, 0.6) is 11.5 Å². The fourth-order valence-corrected chi connectivity index (χ4v) is 2.79. The Morgan fingerprint density at radius 1 is 1.38 bits per heavy atom. The maximum atomic E-state index is 12.3. The molecule has 5 nitrogen and oxygen atoms in total. The van der Waals surface area contributed by atoms with Gasteiger partial charge in [0.2, 0.25) is 5.91 Å². The molecule has 0 aromatic heterocycles. The number of hydrogen-bond acceptors (Lipinski definition) is 4. The maximum absolute atomic E-state index is 12.3.